The summed E-state index contributed by atoms with van der Waals surface area (Å²) in [5.74, 6) is 0.114. The highest BCUT2D eigenvalue weighted by molar-refractivity contribution is 7.90. The minimum atomic E-state index is -4.58. The summed E-state index contributed by atoms with van der Waals surface area (Å²) in [4.78, 5) is 7.88. The van der Waals surface area contributed by atoms with Gasteiger partial charge in [-0.2, -0.15) is 13.2 Å². The minimum Gasteiger partial charge on any atom is -0.299 e. The zero-order valence-corrected chi connectivity index (χ0v) is 14.0. The quantitative estimate of drug-likeness (QED) is 0.835. The van der Waals surface area contributed by atoms with E-state index in [1.165, 1.54) is 35.0 Å². The number of alkyl halides is 3. The molecule has 3 rings (SSSR count). The maximum atomic E-state index is 13.1. The Kier molecular flexibility index (Phi) is 4.28. The lowest BCUT2D eigenvalue weighted by Crippen LogP contribution is -2.05. The SMILES string of the molecule is CS(=O)(=O)c1ccc(-n2cc(C(F)(F)F)nc2C2=CCCN=C2)cc1. The van der Waals surface area contributed by atoms with Crippen LogP contribution in [-0.4, -0.2) is 37.0 Å². The predicted octanol–water partition coefficient (Wildman–Crippen LogP) is 3.15. The number of aliphatic imine (C=N–C) groups is 1. The van der Waals surface area contributed by atoms with Crippen LogP contribution < -0.4 is 0 Å². The van der Waals surface area contributed by atoms with Crippen LogP contribution in [0.15, 0.2) is 46.4 Å². The highest BCUT2D eigenvalue weighted by Gasteiger charge is 2.35. The molecule has 0 bridgehead atoms. The lowest BCUT2D eigenvalue weighted by Gasteiger charge is -2.10. The van der Waals surface area contributed by atoms with E-state index in [2.05, 4.69) is 9.98 Å². The number of halogens is 3. The third kappa shape index (κ3) is 3.65. The number of aromatic nitrogens is 2. The summed E-state index contributed by atoms with van der Waals surface area (Å²) in [6.07, 6.45) is 1.26. The fourth-order valence-corrected chi connectivity index (χ4v) is 3.06. The molecular weight excluding hydrogens is 355 g/mol. The summed E-state index contributed by atoms with van der Waals surface area (Å²) < 4.78 is 63.6. The molecule has 0 amide bonds. The highest BCUT2D eigenvalue weighted by atomic mass is 32.2. The zero-order valence-electron chi connectivity index (χ0n) is 13.2. The lowest BCUT2D eigenvalue weighted by atomic mass is 10.2. The van der Waals surface area contributed by atoms with Gasteiger partial charge in [0.25, 0.3) is 0 Å². The van der Waals surface area contributed by atoms with Crippen LogP contribution in [-0.2, 0) is 16.0 Å². The summed E-state index contributed by atoms with van der Waals surface area (Å²) >= 11 is 0. The van der Waals surface area contributed by atoms with Crippen molar-refractivity contribution in [3.63, 3.8) is 0 Å². The summed E-state index contributed by atoms with van der Waals surface area (Å²) in [6.45, 7) is 0.583. The van der Waals surface area contributed by atoms with Gasteiger partial charge in [-0.15, -0.1) is 0 Å². The van der Waals surface area contributed by atoms with E-state index in [4.69, 9.17) is 0 Å². The first-order valence-corrected chi connectivity index (χ1v) is 9.23. The van der Waals surface area contributed by atoms with Crippen LogP contribution in [0.4, 0.5) is 13.2 Å². The minimum absolute atomic E-state index is 0.0902. The van der Waals surface area contributed by atoms with Gasteiger partial charge in [0.2, 0.25) is 0 Å². The molecule has 1 aromatic carbocycles. The Morgan fingerprint density at radius 1 is 1.16 bits per heavy atom. The lowest BCUT2D eigenvalue weighted by molar-refractivity contribution is -0.140. The van der Waals surface area contributed by atoms with Gasteiger partial charge < -0.3 is 0 Å². The van der Waals surface area contributed by atoms with E-state index < -0.39 is 21.7 Å². The van der Waals surface area contributed by atoms with Gasteiger partial charge in [-0.25, -0.2) is 13.4 Å². The number of benzene rings is 1. The van der Waals surface area contributed by atoms with Crippen molar-refractivity contribution in [1.29, 1.82) is 0 Å². The fraction of sp³-hybridized carbons (Fsp3) is 0.250. The molecule has 0 fully saturated rings. The molecule has 9 heteroatoms. The summed E-state index contributed by atoms with van der Waals surface area (Å²) in [6, 6.07) is 5.60. The van der Waals surface area contributed by atoms with Crippen LogP contribution in [0, 0.1) is 0 Å². The largest absolute Gasteiger partial charge is 0.434 e. The second-order valence-electron chi connectivity index (χ2n) is 5.57. The second-order valence-corrected chi connectivity index (χ2v) is 7.58. The zero-order chi connectivity index (χ0) is 18.2. The Bertz CT molecular complexity index is 956. The van der Waals surface area contributed by atoms with Crippen LogP contribution in [0.1, 0.15) is 17.9 Å². The molecule has 2 aromatic rings. The van der Waals surface area contributed by atoms with Crippen molar-refractivity contribution in [2.24, 2.45) is 4.99 Å². The number of hydrogen-bond donors (Lipinski definition) is 0. The molecule has 5 nitrogen and oxygen atoms in total. The monoisotopic (exact) mass is 369 g/mol. The third-order valence-electron chi connectivity index (χ3n) is 3.65. The van der Waals surface area contributed by atoms with Crippen molar-refractivity contribution < 1.29 is 21.6 Å². The molecule has 1 aliphatic heterocycles. The summed E-state index contributed by atoms with van der Waals surface area (Å²) in [5.41, 5.74) is -0.145. The normalized spacial score (nSPS) is 15.3. The molecule has 2 heterocycles. The van der Waals surface area contributed by atoms with Gasteiger partial charge in [0, 0.05) is 36.5 Å². The van der Waals surface area contributed by atoms with Crippen molar-refractivity contribution in [3.05, 3.63) is 48.1 Å². The number of imidazole rings is 1. The molecule has 0 radical (unpaired) electrons. The average Bonchev–Trinajstić information content (AvgIpc) is 3.00. The van der Waals surface area contributed by atoms with Gasteiger partial charge in [0.05, 0.1) is 4.90 Å². The van der Waals surface area contributed by atoms with Crippen molar-refractivity contribution in [1.82, 2.24) is 9.55 Å². The molecule has 132 valence electrons. The van der Waals surface area contributed by atoms with Gasteiger partial charge in [-0.3, -0.25) is 9.56 Å². The molecule has 1 aromatic heterocycles. The van der Waals surface area contributed by atoms with Crippen molar-refractivity contribution in [2.45, 2.75) is 17.5 Å². The molecule has 0 aliphatic carbocycles. The van der Waals surface area contributed by atoms with E-state index in [1.54, 1.807) is 6.08 Å². The van der Waals surface area contributed by atoms with Crippen LogP contribution in [0.3, 0.4) is 0 Å². The molecule has 0 spiro atoms. The van der Waals surface area contributed by atoms with E-state index >= 15 is 0 Å². The molecule has 0 saturated carbocycles. The van der Waals surface area contributed by atoms with E-state index in [-0.39, 0.29) is 10.7 Å². The van der Waals surface area contributed by atoms with Gasteiger partial charge in [0.1, 0.15) is 5.82 Å². The molecule has 1 aliphatic rings. The number of dihydropyridines is 1. The molecular formula is C16H14F3N3O2S. The molecule has 0 unspecified atom stereocenters. The first-order valence-electron chi connectivity index (χ1n) is 7.34. The Morgan fingerprint density at radius 3 is 2.36 bits per heavy atom. The van der Waals surface area contributed by atoms with Gasteiger partial charge in [0.15, 0.2) is 15.5 Å². The first-order chi connectivity index (χ1) is 11.7. The molecule has 0 saturated heterocycles. The number of rotatable bonds is 3. The molecule has 25 heavy (non-hydrogen) atoms. The third-order valence-corrected chi connectivity index (χ3v) is 4.78. The summed E-state index contributed by atoms with van der Waals surface area (Å²) in [5, 5.41) is 0. The van der Waals surface area contributed by atoms with E-state index in [0.29, 0.717) is 24.2 Å². The van der Waals surface area contributed by atoms with Crippen LogP contribution in [0.5, 0.6) is 0 Å². The van der Waals surface area contributed by atoms with Crippen molar-refractivity contribution in [3.8, 4) is 5.69 Å². The Hall–Kier alpha value is -2.42. The predicted molar refractivity (Wildman–Crippen MR) is 87.6 cm³/mol. The maximum absolute atomic E-state index is 13.1. The van der Waals surface area contributed by atoms with Crippen LogP contribution in [0.2, 0.25) is 0 Å². The van der Waals surface area contributed by atoms with Crippen LogP contribution in [0.25, 0.3) is 11.3 Å². The Balaban J connectivity index is 2.12. The van der Waals surface area contributed by atoms with E-state index in [0.717, 1.165) is 12.5 Å². The van der Waals surface area contributed by atoms with Crippen molar-refractivity contribution >= 4 is 21.6 Å². The molecule has 0 N–H and O–H groups in total. The van der Waals surface area contributed by atoms with E-state index in [9.17, 15) is 21.6 Å². The Labute approximate surface area is 142 Å². The number of nitrogens with zero attached hydrogens (tertiary/aromatic N) is 3. The van der Waals surface area contributed by atoms with Gasteiger partial charge in [-0.05, 0) is 30.7 Å². The summed E-state index contributed by atoms with van der Waals surface area (Å²) in [7, 11) is -3.39. The van der Waals surface area contributed by atoms with E-state index in [1.807, 2.05) is 0 Å². The number of hydrogen-bond acceptors (Lipinski definition) is 4. The Morgan fingerprint density at radius 2 is 1.84 bits per heavy atom. The number of allylic oxidation sites excluding steroid dienone is 1. The topological polar surface area (TPSA) is 64.3 Å². The standard InChI is InChI=1S/C16H14F3N3O2S/c1-25(23,24)13-6-4-12(5-7-13)22-10-14(16(17,18)19)21-15(22)11-3-2-8-20-9-11/h3-7,9-10H,2,8H2,1H3. The maximum Gasteiger partial charge on any atom is 0.434 e. The van der Waals surface area contributed by atoms with Crippen molar-refractivity contribution in [2.75, 3.05) is 12.8 Å². The fourth-order valence-electron chi connectivity index (χ4n) is 2.43. The second kappa shape index (κ2) is 6.14. The van der Waals surface area contributed by atoms with Gasteiger partial charge in [-0.1, -0.05) is 6.08 Å². The number of sulfone groups is 1. The van der Waals surface area contributed by atoms with Crippen LogP contribution >= 0.6 is 0 Å². The molecule has 0 atom stereocenters. The van der Waals surface area contributed by atoms with Gasteiger partial charge >= 0.3 is 6.18 Å². The smallest absolute Gasteiger partial charge is 0.299 e. The highest BCUT2D eigenvalue weighted by Crippen LogP contribution is 2.31. The average molecular weight is 369 g/mol. The first kappa shape index (κ1) is 17.4.